The van der Waals surface area contributed by atoms with Crippen molar-refractivity contribution in [2.24, 2.45) is 0 Å². The molecule has 2 aromatic rings. The molecule has 102 valence electrons. The SMILES string of the molecule is Cc1ccc(NC(=O)[C@H]2Cc3ccccc3O2)cc1C. The zero-order chi connectivity index (χ0) is 14.1. The Kier molecular flexibility index (Phi) is 3.18. The highest BCUT2D eigenvalue weighted by atomic mass is 16.5. The largest absolute Gasteiger partial charge is 0.480 e. The first-order chi connectivity index (χ1) is 9.63. The Balaban J connectivity index is 1.71. The van der Waals surface area contributed by atoms with Crippen molar-refractivity contribution in [3.63, 3.8) is 0 Å². The number of amides is 1. The predicted molar refractivity (Wildman–Crippen MR) is 79.1 cm³/mol. The number of para-hydroxylation sites is 1. The number of benzene rings is 2. The van der Waals surface area contributed by atoms with E-state index < -0.39 is 6.10 Å². The van der Waals surface area contributed by atoms with Crippen LogP contribution in [0.15, 0.2) is 42.5 Å². The van der Waals surface area contributed by atoms with Gasteiger partial charge in [-0.3, -0.25) is 4.79 Å². The third-order valence-corrected chi connectivity index (χ3v) is 3.71. The van der Waals surface area contributed by atoms with Gasteiger partial charge in [-0.25, -0.2) is 0 Å². The molecule has 1 heterocycles. The monoisotopic (exact) mass is 267 g/mol. The predicted octanol–water partition coefficient (Wildman–Crippen LogP) is 3.25. The summed E-state index contributed by atoms with van der Waals surface area (Å²) in [5.41, 5.74) is 4.29. The number of aryl methyl sites for hydroxylation is 2. The second-order valence-corrected chi connectivity index (χ2v) is 5.21. The molecule has 0 bridgehead atoms. The van der Waals surface area contributed by atoms with E-state index in [1.54, 1.807) is 0 Å². The van der Waals surface area contributed by atoms with Crippen LogP contribution in [-0.4, -0.2) is 12.0 Å². The fourth-order valence-electron chi connectivity index (χ4n) is 2.37. The normalized spacial score (nSPS) is 16.4. The van der Waals surface area contributed by atoms with Crippen LogP contribution in [0.25, 0.3) is 0 Å². The number of anilines is 1. The molecule has 3 nitrogen and oxygen atoms in total. The Labute approximate surface area is 118 Å². The highest BCUT2D eigenvalue weighted by Gasteiger charge is 2.28. The van der Waals surface area contributed by atoms with Crippen molar-refractivity contribution < 1.29 is 9.53 Å². The Morgan fingerprint density at radius 1 is 1.15 bits per heavy atom. The molecule has 3 rings (SSSR count). The molecule has 20 heavy (non-hydrogen) atoms. The maximum absolute atomic E-state index is 12.2. The summed E-state index contributed by atoms with van der Waals surface area (Å²) in [6.45, 7) is 4.09. The molecule has 0 radical (unpaired) electrons. The fourth-order valence-corrected chi connectivity index (χ4v) is 2.37. The van der Waals surface area contributed by atoms with Gasteiger partial charge in [-0.15, -0.1) is 0 Å². The van der Waals surface area contributed by atoms with Gasteiger partial charge in [-0.1, -0.05) is 24.3 Å². The number of carbonyl (C=O) groups excluding carboxylic acids is 1. The smallest absolute Gasteiger partial charge is 0.265 e. The molecule has 1 aliphatic heterocycles. The van der Waals surface area contributed by atoms with E-state index >= 15 is 0 Å². The van der Waals surface area contributed by atoms with Crippen LogP contribution in [0.3, 0.4) is 0 Å². The average Bonchev–Trinajstić information content (AvgIpc) is 2.87. The summed E-state index contributed by atoms with van der Waals surface area (Å²) in [6.07, 6.45) is 0.196. The van der Waals surface area contributed by atoms with Crippen molar-refractivity contribution in [1.29, 1.82) is 0 Å². The van der Waals surface area contributed by atoms with Crippen LogP contribution >= 0.6 is 0 Å². The van der Waals surface area contributed by atoms with Crippen molar-refractivity contribution in [1.82, 2.24) is 0 Å². The summed E-state index contributed by atoms with van der Waals surface area (Å²) < 4.78 is 5.68. The highest BCUT2D eigenvalue weighted by Crippen LogP contribution is 2.28. The van der Waals surface area contributed by atoms with Crippen molar-refractivity contribution in [3.05, 3.63) is 59.2 Å². The number of fused-ring (bicyclic) bond motifs is 1. The molecule has 0 saturated carbocycles. The van der Waals surface area contributed by atoms with Gasteiger partial charge in [-0.2, -0.15) is 0 Å². The Morgan fingerprint density at radius 2 is 1.95 bits per heavy atom. The van der Waals surface area contributed by atoms with Gasteiger partial charge < -0.3 is 10.1 Å². The maximum atomic E-state index is 12.2. The van der Waals surface area contributed by atoms with Gasteiger partial charge >= 0.3 is 0 Å². The number of ether oxygens (including phenoxy) is 1. The zero-order valence-corrected chi connectivity index (χ0v) is 11.6. The highest BCUT2D eigenvalue weighted by molar-refractivity contribution is 5.95. The first-order valence-electron chi connectivity index (χ1n) is 6.76. The third kappa shape index (κ3) is 2.39. The molecule has 1 aliphatic rings. The minimum Gasteiger partial charge on any atom is -0.480 e. The van der Waals surface area contributed by atoms with Crippen molar-refractivity contribution >= 4 is 11.6 Å². The van der Waals surface area contributed by atoms with Gasteiger partial charge in [0.05, 0.1) is 0 Å². The summed E-state index contributed by atoms with van der Waals surface area (Å²) in [5, 5.41) is 2.92. The van der Waals surface area contributed by atoms with Crippen LogP contribution in [0.1, 0.15) is 16.7 Å². The lowest BCUT2D eigenvalue weighted by atomic mass is 10.1. The van der Waals surface area contributed by atoms with E-state index in [0.717, 1.165) is 17.0 Å². The summed E-state index contributed by atoms with van der Waals surface area (Å²) in [5.74, 6) is 0.720. The van der Waals surface area contributed by atoms with E-state index in [1.165, 1.54) is 11.1 Å². The number of rotatable bonds is 2. The van der Waals surface area contributed by atoms with E-state index in [4.69, 9.17) is 4.74 Å². The lowest BCUT2D eigenvalue weighted by Crippen LogP contribution is -2.31. The van der Waals surface area contributed by atoms with E-state index in [0.29, 0.717) is 6.42 Å². The molecule has 2 aromatic carbocycles. The van der Waals surface area contributed by atoms with Gasteiger partial charge in [0.2, 0.25) is 0 Å². The van der Waals surface area contributed by atoms with E-state index in [1.807, 2.05) is 49.4 Å². The third-order valence-electron chi connectivity index (χ3n) is 3.71. The van der Waals surface area contributed by atoms with Gasteiger partial charge in [0.25, 0.3) is 5.91 Å². The summed E-state index contributed by atoms with van der Waals surface area (Å²) in [6, 6.07) is 13.7. The van der Waals surface area contributed by atoms with E-state index in [-0.39, 0.29) is 5.91 Å². The summed E-state index contributed by atoms with van der Waals surface area (Å²) in [4.78, 5) is 12.2. The molecule has 0 aromatic heterocycles. The van der Waals surface area contributed by atoms with Crippen LogP contribution in [0, 0.1) is 13.8 Å². The molecule has 0 unspecified atom stereocenters. The second kappa shape index (κ2) is 5.00. The number of carbonyl (C=O) groups is 1. The minimum atomic E-state index is -0.436. The Morgan fingerprint density at radius 3 is 2.70 bits per heavy atom. The number of hydrogen-bond acceptors (Lipinski definition) is 2. The van der Waals surface area contributed by atoms with Gasteiger partial charge in [-0.05, 0) is 48.7 Å². The average molecular weight is 267 g/mol. The molecule has 0 spiro atoms. The van der Waals surface area contributed by atoms with Gasteiger partial charge in [0.1, 0.15) is 5.75 Å². The fraction of sp³-hybridized carbons (Fsp3) is 0.235. The first-order valence-corrected chi connectivity index (χ1v) is 6.76. The zero-order valence-electron chi connectivity index (χ0n) is 11.6. The first kappa shape index (κ1) is 12.7. The Bertz CT molecular complexity index is 639. The topological polar surface area (TPSA) is 38.3 Å². The van der Waals surface area contributed by atoms with Gasteiger partial charge in [0, 0.05) is 12.1 Å². The maximum Gasteiger partial charge on any atom is 0.265 e. The molecule has 0 aliphatic carbocycles. The minimum absolute atomic E-state index is 0.0931. The molecule has 1 amide bonds. The molecule has 1 atom stereocenters. The number of nitrogens with one attached hydrogen (secondary N) is 1. The van der Waals surface area contributed by atoms with Crippen LogP contribution in [0.5, 0.6) is 5.75 Å². The van der Waals surface area contributed by atoms with E-state index in [9.17, 15) is 4.79 Å². The van der Waals surface area contributed by atoms with Crippen molar-refractivity contribution in [3.8, 4) is 5.75 Å². The quantitative estimate of drug-likeness (QED) is 0.907. The standard InChI is InChI=1S/C17H17NO2/c1-11-7-8-14(9-12(11)2)18-17(19)16-10-13-5-3-4-6-15(13)20-16/h3-9,16H,10H2,1-2H3,(H,18,19)/t16-/m1/s1. The van der Waals surface area contributed by atoms with Crippen LogP contribution < -0.4 is 10.1 Å². The lowest BCUT2D eigenvalue weighted by Gasteiger charge is -2.12. The summed E-state index contributed by atoms with van der Waals surface area (Å²) in [7, 11) is 0. The Hall–Kier alpha value is -2.29. The van der Waals surface area contributed by atoms with E-state index in [2.05, 4.69) is 12.2 Å². The van der Waals surface area contributed by atoms with Crippen LogP contribution in [0.4, 0.5) is 5.69 Å². The summed E-state index contributed by atoms with van der Waals surface area (Å²) >= 11 is 0. The molecule has 3 heteroatoms. The molecule has 0 fully saturated rings. The van der Waals surface area contributed by atoms with Gasteiger partial charge in [0.15, 0.2) is 6.10 Å². The number of hydrogen-bond donors (Lipinski definition) is 1. The van der Waals surface area contributed by atoms with Crippen molar-refractivity contribution in [2.45, 2.75) is 26.4 Å². The molecular formula is C17H17NO2. The molecule has 1 N–H and O–H groups in total. The lowest BCUT2D eigenvalue weighted by molar-refractivity contribution is -0.122. The van der Waals surface area contributed by atoms with Crippen molar-refractivity contribution in [2.75, 3.05) is 5.32 Å². The van der Waals surface area contributed by atoms with Crippen LogP contribution in [0.2, 0.25) is 0 Å². The molecular weight excluding hydrogens is 250 g/mol. The van der Waals surface area contributed by atoms with Crippen LogP contribution in [-0.2, 0) is 11.2 Å². The second-order valence-electron chi connectivity index (χ2n) is 5.21. The molecule has 0 saturated heterocycles.